The molecular weight excluding hydrogens is 404 g/mol. The molecular formula is C27H27ClN2O. The van der Waals surface area contributed by atoms with E-state index in [9.17, 15) is 5.11 Å². The number of fused-ring (bicyclic) bond motifs is 8. The Morgan fingerprint density at radius 2 is 1.84 bits per heavy atom. The molecule has 1 saturated heterocycles. The minimum atomic E-state index is -0.420. The van der Waals surface area contributed by atoms with Gasteiger partial charge in [-0.15, -0.1) is 0 Å². The van der Waals surface area contributed by atoms with Crippen LogP contribution in [0.1, 0.15) is 59.1 Å². The van der Waals surface area contributed by atoms with E-state index in [1.807, 2.05) is 18.2 Å². The van der Waals surface area contributed by atoms with Crippen molar-refractivity contribution in [1.82, 2.24) is 9.88 Å². The van der Waals surface area contributed by atoms with Crippen molar-refractivity contribution in [2.24, 2.45) is 5.92 Å². The van der Waals surface area contributed by atoms with Gasteiger partial charge in [-0.25, -0.2) is 0 Å². The second kappa shape index (κ2) is 7.44. The number of hydrogen-bond donors (Lipinski definition) is 1. The van der Waals surface area contributed by atoms with Crippen LogP contribution in [0.5, 0.6) is 0 Å². The topological polar surface area (TPSA) is 36.4 Å². The Labute approximate surface area is 188 Å². The first-order valence-electron chi connectivity index (χ1n) is 11.4. The van der Waals surface area contributed by atoms with Crippen molar-refractivity contribution in [3.8, 4) is 0 Å². The molecule has 3 nitrogen and oxygen atoms in total. The summed E-state index contributed by atoms with van der Waals surface area (Å²) in [5.74, 6) is 0.792. The summed E-state index contributed by atoms with van der Waals surface area (Å²) in [5, 5.41) is 11.7. The molecule has 0 amide bonds. The lowest BCUT2D eigenvalue weighted by Crippen LogP contribution is -2.44. The molecule has 0 saturated carbocycles. The molecule has 158 valence electrons. The van der Waals surface area contributed by atoms with E-state index >= 15 is 0 Å². The smallest absolute Gasteiger partial charge is 0.0833 e. The summed E-state index contributed by atoms with van der Waals surface area (Å²) in [4.78, 5) is 6.79. The second-order valence-electron chi connectivity index (χ2n) is 9.50. The average Bonchev–Trinajstić information content (AvgIpc) is 3.31. The van der Waals surface area contributed by atoms with E-state index in [1.165, 1.54) is 22.3 Å². The van der Waals surface area contributed by atoms with Crippen LogP contribution in [-0.4, -0.2) is 34.6 Å². The van der Waals surface area contributed by atoms with E-state index < -0.39 is 6.10 Å². The zero-order chi connectivity index (χ0) is 21.0. The fourth-order valence-electron chi connectivity index (χ4n) is 6.45. The van der Waals surface area contributed by atoms with E-state index in [0.717, 1.165) is 49.5 Å². The Morgan fingerprint density at radius 3 is 2.65 bits per heavy atom. The first-order valence-corrected chi connectivity index (χ1v) is 11.7. The summed E-state index contributed by atoms with van der Waals surface area (Å²) in [5.41, 5.74) is 6.86. The quantitative estimate of drug-likeness (QED) is 0.608. The molecule has 2 unspecified atom stereocenters. The standard InChI is InChI=1S/C27H27ClN2O/c28-20-7-8-22-23-15-27(25(22)14-20,24-6-2-1-5-21(23)24)17-30-12-9-18(10-13-30)26(31)19-4-3-11-29-16-19/h1-8,11,14,16,18,23,26,31H,9-10,12-13,15,17H2/t23?,26-,27?/m1/s1. The number of likely N-dealkylation sites (tertiary alicyclic amines) is 1. The zero-order valence-corrected chi connectivity index (χ0v) is 18.3. The van der Waals surface area contributed by atoms with Crippen LogP contribution in [0.2, 0.25) is 5.02 Å². The van der Waals surface area contributed by atoms with Gasteiger partial charge >= 0.3 is 0 Å². The number of benzene rings is 2. The van der Waals surface area contributed by atoms with Gasteiger partial charge in [0.25, 0.3) is 0 Å². The zero-order valence-electron chi connectivity index (χ0n) is 17.5. The molecule has 3 atom stereocenters. The monoisotopic (exact) mass is 430 g/mol. The summed E-state index contributed by atoms with van der Waals surface area (Å²) in [6.07, 6.45) is 6.32. The van der Waals surface area contributed by atoms with Crippen LogP contribution in [-0.2, 0) is 5.41 Å². The molecule has 2 aliphatic carbocycles. The summed E-state index contributed by atoms with van der Waals surface area (Å²) in [6, 6.07) is 19.4. The molecule has 4 heteroatoms. The highest BCUT2D eigenvalue weighted by atomic mass is 35.5. The van der Waals surface area contributed by atoms with Gasteiger partial charge in [0.2, 0.25) is 0 Å². The normalized spacial score (nSPS) is 25.9. The van der Waals surface area contributed by atoms with Crippen molar-refractivity contribution in [3.05, 3.63) is 99.8 Å². The fraction of sp³-hybridized carbons (Fsp3) is 0.370. The van der Waals surface area contributed by atoms with Crippen LogP contribution in [0, 0.1) is 5.92 Å². The van der Waals surface area contributed by atoms with Gasteiger partial charge < -0.3 is 10.0 Å². The lowest BCUT2D eigenvalue weighted by molar-refractivity contribution is 0.0538. The molecule has 1 aromatic heterocycles. The highest BCUT2D eigenvalue weighted by molar-refractivity contribution is 6.30. The molecule has 0 radical (unpaired) electrons. The van der Waals surface area contributed by atoms with Gasteiger partial charge in [0.15, 0.2) is 0 Å². The van der Waals surface area contributed by atoms with E-state index in [1.54, 1.807) is 12.4 Å². The van der Waals surface area contributed by atoms with Crippen molar-refractivity contribution in [1.29, 1.82) is 0 Å². The number of aliphatic hydroxyl groups excluding tert-OH is 1. The first-order chi connectivity index (χ1) is 15.2. The van der Waals surface area contributed by atoms with Crippen molar-refractivity contribution in [2.45, 2.75) is 36.7 Å². The van der Waals surface area contributed by atoms with Crippen LogP contribution in [0.3, 0.4) is 0 Å². The molecule has 0 spiro atoms. The van der Waals surface area contributed by atoms with Gasteiger partial charge in [0.1, 0.15) is 0 Å². The molecule has 1 N–H and O–H groups in total. The Hall–Kier alpha value is -2.20. The van der Waals surface area contributed by atoms with Gasteiger partial charge in [-0.1, -0.05) is 48.0 Å². The van der Waals surface area contributed by atoms with E-state index in [2.05, 4.69) is 46.3 Å². The molecule has 3 aliphatic rings. The lowest BCUT2D eigenvalue weighted by Gasteiger charge is -2.40. The van der Waals surface area contributed by atoms with Crippen LogP contribution in [0.15, 0.2) is 67.0 Å². The number of hydrogen-bond acceptors (Lipinski definition) is 3. The van der Waals surface area contributed by atoms with E-state index in [4.69, 9.17) is 11.6 Å². The third-order valence-corrected chi connectivity index (χ3v) is 8.14. The summed E-state index contributed by atoms with van der Waals surface area (Å²) in [7, 11) is 0. The Bertz CT molecular complexity index is 1110. The van der Waals surface area contributed by atoms with Gasteiger partial charge in [-0.2, -0.15) is 0 Å². The Morgan fingerprint density at radius 1 is 1.03 bits per heavy atom. The number of nitrogens with zero attached hydrogens (tertiary/aromatic N) is 2. The summed E-state index contributed by atoms with van der Waals surface area (Å²) >= 11 is 6.46. The van der Waals surface area contributed by atoms with Crippen molar-refractivity contribution in [3.63, 3.8) is 0 Å². The SMILES string of the molecule is O[C@@H](c1cccnc1)C1CCN(CC23CC(c4ccccc42)c2ccc(Cl)cc23)CC1. The Balaban J connectivity index is 1.25. The third kappa shape index (κ3) is 3.06. The largest absolute Gasteiger partial charge is 0.388 e. The van der Waals surface area contributed by atoms with Gasteiger partial charge in [0.05, 0.1) is 6.10 Å². The maximum absolute atomic E-state index is 10.8. The molecule has 2 aromatic carbocycles. The fourth-order valence-corrected chi connectivity index (χ4v) is 6.62. The minimum Gasteiger partial charge on any atom is -0.388 e. The number of rotatable bonds is 4. The van der Waals surface area contributed by atoms with Crippen LogP contribution in [0.4, 0.5) is 0 Å². The van der Waals surface area contributed by atoms with E-state index in [0.29, 0.717) is 11.8 Å². The number of halogens is 1. The predicted octanol–water partition coefficient (Wildman–Crippen LogP) is 5.32. The van der Waals surface area contributed by atoms with Crippen LogP contribution in [0.25, 0.3) is 0 Å². The maximum Gasteiger partial charge on any atom is 0.0833 e. The minimum absolute atomic E-state index is 0.0380. The highest BCUT2D eigenvalue weighted by Gasteiger charge is 2.53. The molecule has 1 aliphatic heterocycles. The average molecular weight is 431 g/mol. The third-order valence-electron chi connectivity index (χ3n) is 7.91. The van der Waals surface area contributed by atoms with Gasteiger partial charge in [0, 0.05) is 35.3 Å². The van der Waals surface area contributed by atoms with Gasteiger partial charge in [-0.3, -0.25) is 4.98 Å². The van der Waals surface area contributed by atoms with Gasteiger partial charge in [-0.05, 0) is 84.3 Å². The summed E-state index contributed by atoms with van der Waals surface area (Å²) in [6.45, 7) is 3.07. The molecule has 6 rings (SSSR count). The number of aliphatic hydroxyl groups is 1. The molecule has 1 fully saturated rings. The van der Waals surface area contributed by atoms with Crippen molar-refractivity contribution < 1.29 is 5.11 Å². The predicted molar refractivity (Wildman–Crippen MR) is 123 cm³/mol. The number of pyridine rings is 1. The second-order valence-corrected chi connectivity index (χ2v) is 9.94. The molecule has 31 heavy (non-hydrogen) atoms. The van der Waals surface area contributed by atoms with Crippen molar-refractivity contribution >= 4 is 11.6 Å². The maximum atomic E-state index is 10.8. The molecule has 2 bridgehead atoms. The van der Waals surface area contributed by atoms with Crippen LogP contribution >= 0.6 is 11.6 Å². The molecule has 2 heterocycles. The van der Waals surface area contributed by atoms with Crippen molar-refractivity contribution in [2.75, 3.05) is 19.6 Å². The van der Waals surface area contributed by atoms with Crippen LogP contribution < -0.4 is 0 Å². The number of aromatic nitrogens is 1. The molecule has 3 aromatic rings. The highest BCUT2D eigenvalue weighted by Crippen LogP contribution is 2.60. The van der Waals surface area contributed by atoms with E-state index in [-0.39, 0.29) is 5.41 Å². The Kier molecular flexibility index (Phi) is 4.68. The number of piperidine rings is 1. The summed E-state index contributed by atoms with van der Waals surface area (Å²) < 4.78 is 0. The lowest BCUT2D eigenvalue weighted by atomic mass is 9.74. The first kappa shape index (κ1) is 19.5.